The van der Waals surface area contributed by atoms with E-state index in [1.807, 2.05) is 12.4 Å². The second-order valence-electron chi connectivity index (χ2n) is 5.45. The third-order valence-electron chi connectivity index (χ3n) is 4.31. The summed E-state index contributed by atoms with van der Waals surface area (Å²) in [5.41, 5.74) is 1.33. The van der Waals surface area contributed by atoms with Crippen LogP contribution in [0.15, 0.2) is 36.7 Å². The number of nitrogens with zero attached hydrogens (tertiary/aromatic N) is 1. The highest BCUT2D eigenvalue weighted by Crippen LogP contribution is 2.43. The first-order valence-corrected chi connectivity index (χ1v) is 6.64. The first-order chi connectivity index (χ1) is 8.33. The lowest BCUT2D eigenvalue weighted by Gasteiger charge is -2.22. The molecule has 0 aromatic carbocycles. The number of allylic oxidation sites excluding steroid dienone is 2. The van der Waals surface area contributed by atoms with Crippen LogP contribution in [0, 0.1) is 17.8 Å². The lowest BCUT2D eigenvalue weighted by molar-refractivity contribution is 0.393. The van der Waals surface area contributed by atoms with Crippen molar-refractivity contribution in [2.75, 3.05) is 6.54 Å². The highest BCUT2D eigenvalue weighted by atomic mass is 14.9. The minimum Gasteiger partial charge on any atom is -0.310 e. The van der Waals surface area contributed by atoms with E-state index in [1.165, 1.54) is 18.4 Å². The Balaban J connectivity index is 1.53. The molecule has 2 aliphatic rings. The smallest absolute Gasteiger partial charge is 0.0293 e. The van der Waals surface area contributed by atoms with Gasteiger partial charge in [-0.2, -0.15) is 0 Å². The molecule has 90 valence electrons. The molecule has 4 unspecified atom stereocenters. The van der Waals surface area contributed by atoms with Gasteiger partial charge in [0.1, 0.15) is 0 Å². The number of fused-ring (bicyclic) bond motifs is 2. The van der Waals surface area contributed by atoms with Crippen molar-refractivity contribution in [3.8, 4) is 0 Å². The van der Waals surface area contributed by atoms with Crippen molar-refractivity contribution in [2.45, 2.75) is 25.8 Å². The molecule has 0 amide bonds. The molecule has 1 aromatic rings. The Morgan fingerprint density at radius 3 is 2.76 bits per heavy atom. The first-order valence-electron chi connectivity index (χ1n) is 6.64. The summed E-state index contributed by atoms with van der Waals surface area (Å²) in [4.78, 5) is 4.06. The topological polar surface area (TPSA) is 24.9 Å². The average molecular weight is 228 g/mol. The quantitative estimate of drug-likeness (QED) is 0.801. The van der Waals surface area contributed by atoms with Gasteiger partial charge in [0.15, 0.2) is 0 Å². The summed E-state index contributed by atoms with van der Waals surface area (Å²) in [5, 5.41) is 3.66. The van der Waals surface area contributed by atoms with Gasteiger partial charge in [-0.05, 0) is 61.8 Å². The van der Waals surface area contributed by atoms with Gasteiger partial charge in [0.2, 0.25) is 0 Å². The van der Waals surface area contributed by atoms with Crippen LogP contribution in [0.4, 0.5) is 0 Å². The second-order valence-corrected chi connectivity index (χ2v) is 5.45. The second kappa shape index (κ2) is 4.61. The molecule has 0 aliphatic heterocycles. The molecule has 2 bridgehead atoms. The Morgan fingerprint density at radius 2 is 2.12 bits per heavy atom. The van der Waals surface area contributed by atoms with Crippen molar-refractivity contribution < 1.29 is 0 Å². The van der Waals surface area contributed by atoms with Gasteiger partial charge in [-0.3, -0.25) is 4.98 Å². The van der Waals surface area contributed by atoms with E-state index >= 15 is 0 Å². The molecule has 1 N–H and O–H groups in total. The summed E-state index contributed by atoms with van der Waals surface area (Å²) in [7, 11) is 0. The SMILES string of the molecule is CC(NCC1CC2C=CC1C2)c1ccncc1. The third-order valence-corrected chi connectivity index (χ3v) is 4.31. The average Bonchev–Trinajstić information content (AvgIpc) is 2.99. The lowest BCUT2D eigenvalue weighted by atomic mass is 9.93. The van der Waals surface area contributed by atoms with Crippen molar-refractivity contribution >= 4 is 0 Å². The summed E-state index contributed by atoms with van der Waals surface area (Å²) >= 11 is 0. The number of nitrogens with one attached hydrogen (secondary N) is 1. The van der Waals surface area contributed by atoms with E-state index in [0.717, 1.165) is 24.3 Å². The molecule has 1 fully saturated rings. The van der Waals surface area contributed by atoms with Crippen molar-refractivity contribution in [1.29, 1.82) is 0 Å². The van der Waals surface area contributed by atoms with Crippen molar-refractivity contribution in [2.24, 2.45) is 17.8 Å². The number of pyridine rings is 1. The molecular weight excluding hydrogens is 208 g/mol. The van der Waals surface area contributed by atoms with Gasteiger partial charge < -0.3 is 5.32 Å². The van der Waals surface area contributed by atoms with Crippen LogP contribution < -0.4 is 5.32 Å². The molecule has 1 aromatic heterocycles. The Hall–Kier alpha value is -1.15. The summed E-state index contributed by atoms with van der Waals surface area (Å²) in [5.74, 6) is 2.58. The molecule has 17 heavy (non-hydrogen) atoms. The minimum atomic E-state index is 0.432. The first kappa shape index (κ1) is 11.0. The fourth-order valence-corrected chi connectivity index (χ4v) is 3.23. The fraction of sp³-hybridized carbons (Fsp3) is 0.533. The highest BCUT2D eigenvalue weighted by Gasteiger charge is 2.35. The van der Waals surface area contributed by atoms with Gasteiger partial charge in [-0.15, -0.1) is 0 Å². The molecule has 0 radical (unpaired) electrons. The summed E-state index contributed by atoms with van der Waals surface area (Å²) in [6, 6.07) is 4.62. The Bertz CT molecular complexity index is 399. The van der Waals surface area contributed by atoms with Gasteiger partial charge in [-0.1, -0.05) is 12.2 Å². The molecule has 2 nitrogen and oxygen atoms in total. The standard InChI is InChI=1S/C15H20N2/c1-11(13-4-6-16-7-5-13)17-10-15-9-12-2-3-14(15)8-12/h2-7,11-12,14-15,17H,8-10H2,1H3. The number of aromatic nitrogens is 1. The zero-order valence-corrected chi connectivity index (χ0v) is 10.3. The zero-order chi connectivity index (χ0) is 11.7. The van der Waals surface area contributed by atoms with Gasteiger partial charge in [0.05, 0.1) is 0 Å². The van der Waals surface area contributed by atoms with Crippen LogP contribution in [0.1, 0.15) is 31.4 Å². The number of hydrogen-bond acceptors (Lipinski definition) is 2. The molecule has 0 saturated heterocycles. The molecule has 2 aliphatic carbocycles. The van der Waals surface area contributed by atoms with E-state index in [9.17, 15) is 0 Å². The van der Waals surface area contributed by atoms with E-state index < -0.39 is 0 Å². The number of hydrogen-bond donors (Lipinski definition) is 1. The molecule has 0 spiro atoms. The van der Waals surface area contributed by atoms with E-state index in [2.05, 4.69) is 41.5 Å². The fourth-order valence-electron chi connectivity index (χ4n) is 3.23. The van der Waals surface area contributed by atoms with Gasteiger partial charge in [0.25, 0.3) is 0 Å². The van der Waals surface area contributed by atoms with E-state index in [1.54, 1.807) is 0 Å². The Labute approximate surface area is 103 Å². The molecule has 4 atom stereocenters. The predicted octanol–water partition coefficient (Wildman–Crippen LogP) is 2.94. The predicted molar refractivity (Wildman–Crippen MR) is 69.5 cm³/mol. The largest absolute Gasteiger partial charge is 0.310 e. The molecular formula is C15H20N2. The maximum atomic E-state index is 4.06. The van der Waals surface area contributed by atoms with Crippen molar-refractivity contribution in [1.82, 2.24) is 10.3 Å². The zero-order valence-electron chi connectivity index (χ0n) is 10.3. The highest BCUT2D eigenvalue weighted by molar-refractivity contribution is 5.14. The van der Waals surface area contributed by atoms with Crippen LogP contribution in [0.5, 0.6) is 0 Å². The van der Waals surface area contributed by atoms with Crippen LogP contribution >= 0.6 is 0 Å². The van der Waals surface area contributed by atoms with E-state index in [4.69, 9.17) is 0 Å². The molecule has 3 rings (SSSR count). The lowest BCUT2D eigenvalue weighted by Crippen LogP contribution is -2.27. The third kappa shape index (κ3) is 2.27. The van der Waals surface area contributed by atoms with Gasteiger partial charge in [0, 0.05) is 18.4 Å². The van der Waals surface area contributed by atoms with Crippen LogP contribution in [-0.2, 0) is 0 Å². The van der Waals surface area contributed by atoms with Crippen LogP contribution in [0.2, 0.25) is 0 Å². The monoisotopic (exact) mass is 228 g/mol. The summed E-state index contributed by atoms with van der Waals surface area (Å²) < 4.78 is 0. The van der Waals surface area contributed by atoms with Crippen molar-refractivity contribution in [3.05, 3.63) is 42.2 Å². The normalized spacial score (nSPS) is 31.9. The van der Waals surface area contributed by atoms with Crippen molar-refractivity contribution in [3.63, 3.8) is 0 Å². The summed E-state index contributed by atoms with van der Waals surface area (Å²) in [6.45, 7) is 3.38. The molecule has 2 heteroatoms. The Morgan fingerprint density at radius 1 is 1.29 bits per heavy atom. The van der Waals surface area contributed by atoms with Crippen LogP contribution in [0.25, 0.3) is 0 Å². The van der Waals surface area contributed by atoms with E-state index in [-0.39, 0.29) is 0 Å². The Kier molecular flexibility index (Phi) is 2.98. The molecule has 1 saturated carbocycles. The minimum absolute atomic E-state index is 0.432. The molecule has 1 heterocycles. The number of rotatable bonds is 4. The maximum Gasteiger partial charge on any atom is 0.0293 e. The van der Waals surface area contributed by atoms with Crippen LogP contribution in [0.3, 0.4) is 0 Å². The van der Waals surface area contributed by atoms with Gasteiger partial charge >= 0.3 is 0 Å². The maximum absolute atomic E-state index is 4.06. The van der Waals surface area contributed by atoms with E-state index in [0.29, 0.717) is 6.04 Å². The summed E-state index contributed by atoms with van der Waals surface area (Å²) in [6.07, 6.45) is 11.4. The van der Waals surface area contributed by atoms with Crippen LogP contribution in [-0.4, -0.2) is 11.5 Å². The van der Waals surface area contributed by atoms with Gasteiger partial charge in [-0.25, -0.2) is 0 Å².